The second-order valence-electron chi connectivity index (χ2n) is 3.36. The second-order valence-corrected chi connectivity index (χ2v) is 4.97. The Morgan fingerprint density at radius 1 is 1.11 bits per heavy atom. The van der Waals surface area contributed by atoms with Crippen molar-refractivity contribution in [3.8, 4) is 0 Å². The lowest BCUT2D eigenvalue weighted by Crippen LogP contribution is -2.47. The molecule has 0 aromatic heterocycles. The molecule has 0 aromatic rings. The van der Waals surface area contributed by atoms with E-state index in [1.165, 1.54) is 0 Å². The highest BCUT2D eigenvalue weighted by molar-refractivity contribution is 7.87. The molecule has 0 saturated carbocycles. The first-order valence-corrected chi connectivity index (χ1v) is 5.98. The van der Waals surface area contributed by atoms with Crippen LogP contribution in [0.4, 0.5) is 13.2 Å². The second kappa shape index (κ2) is 6.58. The average molecular weight is 312 g/mol. The number of alkyl halides is 3. The van der Waals surface area contributed by atoms with E-state index in [2.05, 4.69) is 4.18 Å². The molecule has 0 aliphatic carbocycles. The zero-order valence-electron chi connectivity index (χ0n) is 9.06. The van der Waals surface area contributed by atoms with E-state index in [4.69, 9.17) is 20.4 Å². The van der Waals surface area contributed by atoms with E-state index in [1.807, 2.05) is 0 Å². The molecular weight excluding hydrogens is 301 g/mol. The number of aldehydes is 1. The summed E-state index contributed by atoms with van der Waals surface area (Å²) >= 11 is 0. The van der Waals surface area contributed by atoms with E-state index in [0.29, 0.717) is 0 Å². The Hall–Kier alpha value is -0.790. The molecule has 0 rings (SSSR count). The maximum absolute atomic E-state index is 11.8. The highest BCUT2D eigenvalue weighted by Crippen LogP contribution is 2.24. The molecule has 0 saturated heterocycles. The molecule has 4 atom stereocenters. The number of carbonyl (C=O) groups is 1. The van der Waals surface area contributed by atoms with Gasteiger partial charge in [0.1, 0.15) is 24.4 Å². The molecule has 0 aliphatic rings. The Kier molecular flexibility index (Phi) is 6.31. The van der Waals surface area contributed by atoms with Gasteiger partial charge in [0.25, 0.3) is 0 Å². The Labute approximate surface area is 105 Å². The molecule has 19 heavy (non-hydrogen) atoms. The van der Waals surface area contributed by atoms with Crippen molar-refractivity contribution in [2.75, 3.05) is 6.61 Å². The minimum absolute atomic E-state index is 0.200. The van der Waals surface area contributed by atoms with Gasteiger partial charge in [-0.15, -0.1) is 0 Å². The molecule has 0 amide bonds. The summed E-state index contributed by atoms with van der Waals surface area (Å²) in [5.41, 5.74) is -5.71. The van der Waals surface area contributed by atoms with Gasteiger partial charge in [0.05, 0.1) is 6.61 Å². The van der Waals surface area contributed by atoms with Crippen LogP contribution in [0.3, 0.4) is 0 Å². The molecule has 0 bridgehead atoms. The van der Waals surface area contributed by atoms with E-state index in [9.17, 15) is 26.4 Å². The van der Waals surface area contributed by atoms with Crippen LogP contribution >= 0.6 is 0 Å². The number of carbonyl (C=O) groups excluding carboxylic acids is 1. The van der Waals surface area contributed by atoms with Gasteiger partial charge >= 0.3 is 15.6 Å². The lowest BCUT2D eigenvalue weighted by atomic mass is 10.0. The molecule has 0 aliphatic heterocycles. The minimum Gasteiger partial charge on any atom is -0.388 e. The van der Waals surface area contributed by atoms with Gasteiger partial charge in [-0.25, -0.2) is 0 Å². The molecule has 0 heterocycles. The quantitative estimate of drug-likeness (QED) is 0.229. The smallest absolute Gasteiger partial charge is 0.388 e. The zero-order chi connectivity index (χ0) is 15.4. The van der Waals surface area contributed by atoms with Crippen LogP contribution in [0.15, 0.2) is 0 Å². The Morgan fingerprint density at radius 2 is 1.58 bits per heavy atom. The normalized spacial score (nSPS) is 19.5. The van der Waals surface area contributed by atoms with Crippen molar-refractivity contribution < 1.29 is 51.0 Å². The van der Waals surface area contributed by atoms with E-state index < -0.39 is 46.6 Å². The van der Waals surface area contributed by atoms with Crippen molar-refractivity contribution in [2.24, 2.45) is 0 Å². The van der Waals surface area contributed by atoms with Crippen LogP contribution in [0.2, 0.25) is 0 Å². The fourth-order valence-corrected chi connectivity index (χ4v) is 1.29. The van der Waals surface area contributed by atoms with Crippen molar-refractivity contribution in [1.82, 2.24) is 0 Å². The van der Waals surface area contributed by atoms with E-state index in [1.54, 1.807) is 0 Å². The Balaban J connectivity index is 4.56. The van der Waals surface area contributed by atoms with Crippen LogP contribution in [0, 0.1) is 0 Å². The standard InChI is InChI=1S/C7H11F3O8S/c8-7(9,10)19(16,17)18-2-4(13)6(15)5(14)3(12)1-11/h1,3-6,12-15H,2H2/t3-,4+,5+,6+/m0/s1. The van der Waals surface area contributed by atoms with Gasteiger partial charge in [0.15, 0.2) is 6.29 Å². The fourth-order valence-electron chi connectivity index (χ4n) is 0.835. The van der Waals surface area contributed by atoms with Gasteiger partial charge in [-0.05, 0) is 0 Å². The summed E-state index contributed by atoms with van der Waals surface area (Å²) in [7, 11) is -5.96. The van der Waals surface area contributed by atoms with E-state index in [-0.39, 0.29) is 6.29 Å². The molecule has 8 nitrogen and oxygen atoms in total. The summed E-state index contributed by atoms with van der Waals surface area (Å²) in [6, 6.07) is 0. The summed E-state index contributed by atoms with van der Waals surface area (Å²) in [5, 5.41) is 36.0. The zero-order valence-corrected chi connectivity index (χ0v) is 9.87. The molecule has 4 N–H and O–H groups in total. The van der Waals surface area contributed by atoms with Gasteiger partial charge in [0.2, 0.25) is 0 Å². The van der Waals surface area contributed by atoms with Crippen molar-refractivity contribution >= 4 is 16.4 Å². The third kappa shape index (κ3) is 5.00. The van der Waals surface area contributed by atoms with Crippen molar-refractivity contribution in [2.45, 2.75) is 29.9 Å². The van der Waals surface area contributed by atoms with Gasteiger partial charge in [-0.1, -0.05) is 0 Å². The predicted octanol–water partition coefficient (Wildman–Crippen LogP) is -2.50. The van der Waals surface area contributed by atoms with Crippen LogP contribution in [-0.4, -0.2) is 71.7 Å². The maximum atomic E-state index is 11.8. The number of hydrogen-bond acceptors (Lipinski definition) is 8. The predicted molar refractivity (Wildman–Crippen MR) is 51.0 cm³/mol. The lowest BCUT2D eigenvalue weighted by molar-refractivity contribution is -0.136. The third-order valence-corrected chi connectivity index (χ3v) is 2.92. The summed E-state index contributed by atoms with van der Waals surface area (Å²) in [5.74, 6) is 0. The van der Waals surface area contributed by atoms with Crippen LogP contribution in [0.5, 0.6) is 0 Å². The average Bonchev–Trinajstić information content (AvgIpc) is 2.31. The van der Waals surface area contributed by atoms with Gasteiger partial charge in [-0.3, -0.25) is 4.18 Å². The molecule has 114 valence electrons. The van der Waals surface area contributed by atoms with Crippen molar-refractivity contribution in [1.29, 1.82) is 0 Å². The summed E-state index contributed by atoms with van der Waals surface area (Å²) < 4.78 is 59.8. The number of aliphatic hydroxyl groups excluding tert-OH is 4. The fraction of sp³-hybridized carbons (Fsp3) is 0.857. The Bertz CT molecular complexity index is 394. The Morgan fingerprint density at radius 3 is 1.95 bits per heavy atom. The van der Waals surface area contributed by atoms with Gasteiger partial charge in [-0.2, -0.15) is 21.6 Å². The molecule has 12 heteroatoms. The summed E-state index contributed by atoms with van der Waals surface area (Å²) in [6.07, 6.45) is -9.09. The molecular formula is C7H11F3O8S. The minimum atomic E-state index is -5.96. The van der Waals surface area contributed by atoms with Gasteiger partial charge < -0.3 is 25.2 Å². The molecule has 0 aromatic carbocycles. The molecule has 0 spiro atoms. The first-order valence-electron chi connectivity index (χ1n) is 4.57. The third-order valence-electron chi connectivity index (χ3n) is 1.91. The van der Waals surface area contributed by atoms with E-state index >= 15 is 0 Å². The van der Waals surface area contributed by atoms with Crippen LogP contribution in [-0.2, 0) is 19.1 Å². The first kappa shape index (κ1) is 18.2. The lowest BCUT2D eigenvalue weighted by Gasteiger charge is -2.23. The summed E-state index contributed by atoms with van der Waals surface area (Å²) in [6.45, 7) is -1.52. The number of hydrogen-bond donors (Lipinski definition) is 4. The SMILES string of the molecule is O=C[C@H](O)[C@@H](O)[C@H](O)[C@H](O)COS(=O)(=O)C(F)(F)F. The molecule has 0 unspecified atom stereocenters. The highest BCUT2D eigenvalue weighted by atomic mass is 32.2. The van der Waals surface area contributed by atoms with Crippen LogP contribution in [0.25, 0.3) is 0 Å². The largest absolute Gasteiger partial charge is 0.523 e. The van der Waals surface area contributed by atoms with Crippen molar-refractivity contribution in [3.63, 3.8) is 0 Å². The molecule has 0 fully saturated rings. The summed E-state index contributed by atoms with van der Waals surface area (Å²) in [4.78, 5) is 10.0. The maximum Gasteiger partial charge on any atom is 0.523 e. The van der Waals surface area contributed by atoms with E-state index in [0.717, 1.165) is 0 Å². The number of halogens is 3. The topological polar surface area (TPSA) is 141 Å². The number of rotatable bonds is 7. The first-order chi connectivity index (χ1) is 8.44. The highest BCUT2D eigenvalue weighted by Gasteiger charge is 2.48. The van der Waals surface area contributed by atoms with Crippen LogP contribution < -0.4 is 0 Å². The van der Waals surface area contributed by atoms with Crippen molar-refractivity contribution in [3.05, 3.63) is 0 Å². The van der Waals surface area contributed by atoms with Gasteiger partial charge in [0, 0.05) is 0 Å². The monoisotopic (exact) mass is 312 g/mol. The van der Waals surface area contributed by atoms with Crippen LogP contribution in [0.1, 0.15) is 0 Å². The number of aliphatic hydroxyl groups is 4. The molecule has 0 radical (unpaired) electrons.